The van der Waals surface area contributed by atoms with Crippen molar-refractivity contribution in [1.82, 2.24) is 0 Å². The highest BCUT2D eigenvalue weighted by atomic mass is 16.5. The summed E-state index contributed by atoms with van der Waals surface area (Å²) in [5.74, 6) is -1.84. The summed E-state index contributed by atoms with van der Waals surface area (Å²) >= 11 is 0. The normalized spacial score (nSPS) is 23.8. The molecule has 2 atom stereocenters. The third-order valence-corrected chi connectivity index (χ3v) is 3.10. The van der Waals surface area contributed by atoms with E-state index in [1.54, 1.807) is 0 Å². The summed E-state index contributed by atoms with van der Waals surface area (Å²) < 4.78 is 9.93. The van der Waals surface area contributed by atoms with E-state index in [1.807, 2.05) is 0 Å². The second-order valence-corrected chi connectivity index (χ2v) is 4.30. The first kappa shape index (κ1) is 13.0. The minimum absolute atomic E-state index is 0.0864. The van der Waals surface area contributed by atoms with Crippen LogP contribution in [0, 0.1) is 5.41 Å². The maximum atomic E-state index is 11.4. The number of hydrogen-bond donors (Lipinski definition) is 1. The van der Waals surface area contributed by atoms with Gasteiger partial charge in [-0.1, -0.05) is 0 Å². The number of rotatable bonds is 5. The van der Waals surface area contributed by atoms with Crippen molar-refractivity contribution in [3.63, 3.8) is 0 Å². The molecule has 0 spiro atoms. The molecule has 0 aromatic rings. The number of aliphatic carboxylic acids is 1. The van der Waals surface area contributed by atoms with Crippen molar-refractivity contribution in [3.8, 4) is 0 Å². The third-order valence-electron chi connectivity index (χ3n) is 3.10. The molecule has 0 radical (unpaired) electrons. The average molecular weight is 230 g/mol. The standard InChI is InChI=1S/C11H18O5/c1-11(9(12)13,10(14)15-2)6-5-8-4-3-7-16-8/h8H,3-7H2,1-2H3,(H,12,13). The van der Waals surface area contributed by atoms with Crippen LogP contribution < -0.4 is 0 Å². The van der Waals surface area contributed by atoms with Gasteiger partial charge in [0.1, 0.15) is 0 Å². The molecule has 2 unspecified atom stereocenters. The smallest absolute Gasteiger partial charge is 0.322 e. The van der Waals surface area contributed by atoms with Crippen molar-refractivity contribution in [3.05, 3.63) is 0 Å². The van der Waals surface area contributed by atoms with Gasteiger partial charge >= 0.3 is 11.9 Å². The zero-order valence-corrected chi connectivity index (χ0v) is 9.69. The Hall–Kier alpha value is -1.10. The summed E-state index contributed by atoms with van der Waals surface area (Å²) in [6.45, 7) is 2.13. The molecule has 0 aromatic carbocycles. The molecule has 1 heterocycles. The quantitative estimate of drug-likeness (QED) is 0.567. The fourth-order valence-electron chi connectivity index (χ4n) is 1.84. The molecular weight excluding hydrogens is 212 g/mol. The van der Waals surface area contributed by atoms with Crippen molar-refractivity contribution < 1.29 is 24.2 Å². The molecule has 0 amide bonds. The Kier molecular flexibility index (Phi) is 4.29. The number of esters is 1. The number of hydrogen-bond acceptors (Lipinski definition) is 4. The van der Waals surface area contributed by atoms with E-state index in [2.05, 4.69) is 4.74 Å². The predicted molar refractivity (Wildman–Crippen MR) is 56.0 cm³/mol. The Morgan fingerprint density at radius 1 is 1.56 bits per heavy atom. The van der Waals surface area contributed by atoms with Gasteiger partial charge in [-0.25, -0.2) is 0 Å². The second kappa shape index (κ2) is 5.30. The fraction of sp³-hybridized carbons (Fsp3) is 0.818. The topological polar surface area (TPSA) is 72.8 Å². The van der Waals surface area contributed by atoms with Gasteiger partial charge in [0.15, 0.2) is 5.41 Å². The van der Waals surface area contributed by atoms with Crippen LogP contribution in [0.5, 0.6) is 0 Å². The van der Waals surface area contributed by atoms with Gasteiger partial charge in [0.25, 0.3) is 0 Å². The maximum Gasteiger partial charge on any atom is 0.322 e. The van der Waals surface area contributed by atoms with Crippen LogP contribution >= 0.6 is 0 Å². The van der Waals surface area contributed by atoms with E-state index >= 15 is 0 Å². The molecule has 0 aromatic heterocycles. The lowest BCUT2D eigenvalue weighted by Crippen LogP contribution is -2.38. The lowest BCUT2D eigenvalue weighted by atomic mass is 9.84. The largest absolute Gasteiger partial charge is 0.480 e. The summed E-state index contributed by atoms with van der Waals surface area (Å²) in [6.07, 6.45) is 2.87. The van der Waals surface area contributed by atoms with E-state index in [4.69, 9.17) is 9.84 Å². The van der Waals surface area contributed by atoms with E-state index in [-0.39, 0.29) is 12.5 Å². The Morgan fingerprint density at radius 2 is 2.25 bits per heavy atom. The molecule has 1 aliphatic heterocycles. The molecule has 0 saturated carbocycles. The highest BCUT2D eigenvalue weighted by Crippen LogP contribution is 2.29. The van der Waals surface area contributed by atoms with Crippen LogP contribution in [0.4, 0.5) is 0 Å². The Labute approximate surface area is 94.7 Å². The molecule has 92 valence electrons. The maximum absolute atomic E-state index is 11.4. The lowest BCUT2D eigenvalue weighted by molar-refractivity contribution is -0.166. The number of carboxylic acid groups (broad SMARTS) is 1. The number of ether oxygens (including phenoxy) is 2. The van der Waals surface area contributed by atoms with Gasteiger partial charge < -0.3 is 14.6 Å². The monoisotopic (exact) mass is 230 g/mol. The Balaban J connectivity index is 2.56. The molecule has 5 heteroatoms. The molecule has 0 bridgehead atoms. The van der Waals surface area contributed by atoms with E-state index in [9.17, 15) is 9.59 Å². The van der Waals surface area contributed by atoms with Crippen LogP contribution in [-0.2, 0) is 19.1 Å². The first-order valence-electron chi connectivity index (χ1n) is 5.44. The van der Waals surface area contributed by atoms with E-state index in [0.29, 0.717) is 6.42 Å². The summed E-state index contributed by atoms with van der Waals surface area (Å²) in [7, 11) is 1.20. The van der Waals surface area contributed by atoms with E-state index in [1.165, 1.54) is 14.0 Å². The van der Waals surface area contributed by atoms with Crippen molar-refractivity contribution >= 4 is 11.9 Å². The van der Waals surface area contributed by atoms with Crippen molar-refractivity contribution in [2.24, 2.45) is 5.41 Å². The molecule has 5 nitrogen and oxygen atoms in total. The fourth-order valence-corrected chi connectivity index (χ4v) is 1.84. The van der Waals surface area contributed by atoms with E-state index < -0.39 is 17.4 Å². The summed E-state index contributed by atoms with van der Waals surface area (Å²) in [4.78, 5) is 22.5. The predicted octanol–water partition coefficient (Wildman–Crippen LogP) is 1.21. The van der Waals surface area contributed by atoms with E-state index in [0.717, 1.165) is 19.4 Å². The minimum atomic E-state index is -1.46. The number of methoxy groups -OCH3 is 1. The van der Waals surface area contributed by atoms with Crippen molar-refractivity contribution in [2.45, 2.75) is 38.7 Å². The van der Waals surface area contributed by atoms with Gasteiger partial charge in [0, 0.05) is 6.61 Å². The van der Waals surface area contributed by atoms with Gasteiger partial charge in [-0.15, -0.1) is 0 Å². The zero-order chi connectivity index (χ0) is 12.2. The van der Waals surface area contributed by atoms with Crippen LogP contribution in [0.3, 0.4) is 0 Å². The SMILES string of the molecule is COC(=O)C(C)(CCC1CCCO1)C(=O)O. The average Bonchev–Trinajstić information content (AvgIpc) is 2.77. The van der Waals surface area contributed by atoms with Crippen molar-refractivity contribution in [1.29, 1.82) is 0 Å². The van der Waals surface area contributed by atoms with Gasteiger partial charge in [0.2, 0.25) is 0 Å². The summed E-state index contributed by atoms with van der Waals surface area (Å²) in [5.41, 5.74) is -1.46. The summed E-state index contributed by atoms with van der Waals surface area (Å²) in [5, 5.41) is 9.07. The highest BCUT2D eigenvalue weighted by Gasteiger charge is 2.42. The number of carboxylic acids is 1. The zero-order valence-electron chi connectivity index (χ0n) is 9.69. The molecule has 1 N–H and O–H groups in total. The highest BCUT2D eigenvalue weighted by molar-refractivity contribution is 5.98. The van der Waals surface area contributed by atoms with Crippen LogP contribution in [0.15, 0.2) is 0 Å². The van der Waals surface area contributed by atoms with Gasteiger partial charge in [-0.3, -0.25) is 9.59 Å². The molecule has 1 fully saturated rings. The molecule has 1 rings (SSSR count). The first-order valence-corrected chi connectivity index (χ1v) is 5.44. The van der Waals surface area contributed by atoms with Crippen molar-refractivity contribution in [2.75, 3.05) is 13.7 Å². The second-order valence-electron chi connectivity index (χ2n) is 4.30. The minimum Gasteiger partial charge on any atom is -0.480 e. The Bertz CT molecular complexity index is 270. The molecule has 1 saturated heterocycles. The molecule has 16 heavy (non-hydrogen) atoms. The molecular formula is C11H18O5. The van der Waals surface area contributed by atoms with Gasteiger partial charge in [-0.2, -0.15) is 0 Å². The summed E-state index contributed by atoms with van der Waals surface area (Å²) in [6, 6.07) is 0. The Morgan fingerprint density at radius 3 is 2.69 bits per heavy atom. The van der Waals surface area contributed by atoms with Gasteiger partial charge in [-0.05, 0) is 32.6 Å². The van der Waals surface area contributed by atoms with Gasteiger partial charge in [0.05, 0.1) is 13.2 Å². The first-order chi connectivity index (χ1) is 7.50. The third kappa shape index (κ3) is 2.72. The van der Waals surface area contributed by atoms with Crippen LogP contribution in [-0.4, -0.2) is 36.9 Å². The molecule has 0 aliphatic carbocycles. The lowest BCUT2D eigenvalue weighted by Gasteiger charge is -2.22. The van der Waals surface area contributed by atoms with Crippen LogP contribution in [0.25, 0.3) is 0 Å². The number of carbonyl (C=O) groups is 2. The number of carbonyl (C=O) groups excluding carboxylic acids is 1. The van der Waals surface area contributed by atoms with Crippen LogP contribution in [0.2, 0.25) is 0 Å². The van der Waals surface area contributed by atoms with Crippen LogP contribution in [0.1, 0.15) is 32.6 Å². The molecule has 1 aliphatic rings.